The van der Waals surface area contributed by atoms with Crippen molar-refractivity contribution in [3.05, 3.63) is 114 Å². The Kier molecular flexibility index (Phi) is 4.63. The predicted molar refractivity (Wildman–Crippen MR) is 137 cm³/mol. The van der Waals surface area contributed by atoms with Gasteiger partial charge in [0, 0.05) is 5.56 Å². The first-order chi connectivity index (χ1) is 18.0. The van der Waals surface area contributed by atoms with Gasteiger partial charge in [-0.1, -0.05) is 54.6 Å². The highest BCUT2D eigenvalue weighted by Gasteiger charge is 2.65. The van der Waals surface area contributed by atoms with Gasteiger partial charge in [0.05, 0.1) is 29.8 Å². The monoisotopic (exact) mass is 489 g/mol. The highest BCUT2D eigenvalue weighted by molar-refractivity contribution is 6.25. The number of anilines is 1. The molecule has 7 heteroatoms. The van der Waals surface area contributed by atoms with Gasteiger partial charge in [-0.05, 0) is 58.3 Å². The number of rotatable bonds is 3. The molecule has 2 fully saturated rings. The van der Waals surface area contributed by atoms with Crippen molar-refractivity contribution < 1.29 is 18.8 Å². The van der Waals surface area contributed by atoms with Crippen molar-refractivity contribution in [1.29, 1.82) is 0 Å². The van der Waals surface area contributed by atoms with Crippen molar-refractivity contribution in [2.75, 3.05) is 4.90 Å². The number of hydrogen-bond acceptors (Lipinski definition) is 5. The normalized spacial score (nSPS) is 23.8. The molecule has 0 bridgehead atoms. The molecule has 0 aliphatic carbocycles. The highest BCUT2D eigenvalue weighted by Crippen LogP contribution is 2.53. The van der Waals surface area contributed by atoms with E-state index >= 15 is 0 Å². The van der Waals surface area contributed by atoms with Crippen LogP contribution < -0.4 is 4.90 Å². The lowest BCUT2D eigenvalue weighted by molar-refractivity contribution is -0.124. The number of benzene rings is 4. The third-order valence-corrected chi connectivity index (χ3v) is 7.68. The number of amides is 2. The maximum Gasteiger partial charge on any atom is 0.240 e. The summed E-state index contributed by atoms with van der Waals surface area (Å²) in [7, 11) is 0. The van der Waals surface area contributed by atoms with Crippen molar-refractivity contribution in [1.82, 2.24) is 5.01 Å². The molecule has 0 radical (unpaired) electrons. The standard InChI is InChI=1S/C30H20FN3O3/c31-21-12-9-18(10-13-21)28(35)27-25-24(26-23-8-4-3-7-20(23)16-32-34(26)27)29(36)33(30(25)37)22-14-11-17-5-1-2-6-19(17)15-22/h1-16,24-27H/t24-,25-,26+,27+/m1/s1. The number of carbonyl (C=O) groups is 3. The molecule has 4 atom stereocenters. The van der Waals surface area contributed by atoms with E-state index in [0.29, 0.717) is 5.69 Å². The summed E-state index contributed by atoms with van der Waals surface area (Å²) in [6, 6.07) is 24.5. The van der Waals surface area contributed by atoms with Crippen LogP contribution in [0.3, 0.4) is 0 Å². The maximum atomic E-state index is 14.0. The van der Waals surface area contributed by atoms with Crippen molar-refractivity contribution in [3.8, 4) is 0 Å². The number of hydrazone groups is 1. The van der Waals surface area contributed by atoms with Crippen LogP contribution in [0.2, 0.25) is 0 Å². The van der Waals surface area contributed by atoms with Crippen LogP contribution in [0.15, 0.2) is 96.1 Å². The quantitative estimate of drug-likeness (QED) is 0.308. The number of Topliss-reactive ketones (excluding diaryl/α,β-unsaturated/α-hetero) is 1. The minimum absolute atomic E-state index is 0.268. The van der Waals surface area contributed by atoms with E-state index in [2.05, 4.69) is 5.10 Å². The number of halogens is 1. The van der Waals surface area contributed by atoms with Crippen molar-refractivity contribution in [3.63, 3.8) is 0 Å². The molecule has 6 nitrogen and oxygen atoms in total. The Labute approximate surface area is 211 Å². The SMILES string of the molecule is O=C(c1ccc(F)cc1)[C@@H]1[C@@H]2C(=O)N(c3ccc4ccccc4c3)C(=O)[C@H]2[C@@H]2c3ccccc3C=NN12. The summed E-state index contributed by atoms with van der Waals surface area (Å²) >= 11 is 0. The second-order valence-electron chi connectivity index (χ2n) is 9.61. The summed E-state index contributed by atoms with van der Waals surface area (Å²) in [5.41, 5.74) is 2.45. The maximum absolute atomic E-state index is 14.0. The molecule has 4 aromatic rings. The smallest absolute Gasteiger partial charge is 0.240 e. The summed E-state index contributed by atoms with van der Waals surface area (Å²) < 4.78 is 13.6. The number of fused-ring (bicyclic) bond motifs is 6. The summed E-state index contributed by atoms with van der Waals surface area (Å²) in [5.74, 6) is -3.31. The van der Waals surface area contributed by atoms with Crippen molar-refractivity contribution >= 4 is 40.3 Å². The molecule has 7 rings (SSSR count). The van der Waals surface area contributed by atoms with Crippen LogP contribution in [0, 0.1) is 17.7 Å². The second kappa shape index (κ2) is 7.93. The van der Waals surface area contributed by atoms with Crippen LogP contribution in [-0.2, 0) is 9.59 Å². The van der Waals surface area contributed by atoms with Crippen LogP contribution in [0.25, 0.3) is 10.8 Å². The van der Waals surface area contributed by atoms with E-state index in [1.165, 1.54) is 29.2 Å². The number of ketones is 1. The third kappa shape index (κ3) is 3.10. The molecule has 0 saturated carbocycles. The Morgan fingerprint density at radius 2 is 1.49 bits per heavy atom. The fraction of sp³-hybridized carbons (Fsp3) is 0.133. The van der Waals surface area contributed by atoms with E-state index in [9.17, 15) is 18.8 Å². The highest BCUT2D eigenvalue weighted by atomic mass is 19.1. The van der Waals surface area contributed by atoms with Crippen molar-refractivity contribution in [2.24, 2.45) is 16.9 Å². The minimum atomic E-state index is -0.994. The predicted octanol–water partition coefficient (Wildman–Crippen LogP) is 4.74. The molecule has 2 amide bonds. The molecule has 0 N–H and O–H groups in total. The van der Waals surface area contributed by atoms with Gasteiger partial charge in [-0.3, -0.25) is 19.4 Å². The third-order valence-electron chi connectivity index (χ3n) is 7.68. The zero-order valence-corrected chi connectivity index (χ0v) is 19.5. The lowest BCUT2D eigenvalue weighted by atomic mass is 9.83. The summed E-state index contributed by atoms with van der Waals surface area (Å²) in [6.07, 6.45) is 1.66. The molecule has 0 spiro atoms. The Morgan fingerprint density at radius 3 is 2.30 bits per heavy atom. The van der Waals surface area contributed by atoms with E-state index in [4.69, 9.17) is 0 Å². The second-order valence-corrected chi connectivity index (χ2v) is 9.61. The molecule has 3 aliphatic heterocycles. The molecule has 0 unspecified atom stereocenters. The van der Waals surface area contributed by atoms with Gasteiger partial charge in [0.15, 0.2) is 5.78 Å². The number of carbonyl (C=O) groups excluding carboxylic acids is 3. The van der Waals surface area contributed by atoms with E-state index in [1.807, 2.05) is 60.7 Å². The Hall–Kier alpha value is -4.65. The summed E-state index contributed by atoms with van der Waals surface area (Å²) in [6.45, 7) is 0. The minimum Gasteiger partial charge on any atom is -0.292 e. The van der Waals surface area contributed by atoms with E-state index in [-0.39, 0.29) is 17.3 Å². The average Bonchev–Trinajstić information content (AvgIpc) is 3.40. The van der Waals surface area contributed by atoms with Gasteiger partial charge >= 0.3 is 0 Å². The topological polar surface area (TPSA) is 70.0 Å². The van der Waals surface area contributed by atoms with Gasteiger partial charge in [0.1, 0.15) is 11.9 Å². The van der Waals surface area contributed by atoms with Crippen molar-refractivity contribution in [2.45, 2.75) is 12.1 Å². The molecule has 2 saturated heterocycles. The van der Waals surface area contributed by atoms with Crippen LogP contribution in [0.1, 0.15) is 27.5 Å². The summed E-state index contributed by atoms with van der Waals surface area (Å²) in [4.78, 5) is 43.1. The first kappa shape index (κ1) is 21.6. The largest absolute Gasteiger partial charge is 0.292 e. The first-order valence-electron chi connectivity index (χ1n) is 12.1. The van der Waals surface area contributed by atoms with Gasteiger partial charge in [0.25, 0.3) is 0 Å². The Balaban J connectivity index is 1.37. The molecule has 3 heterocycles. The fourth-order valence-electron chi connectivity index (χ4n) is 6.02. The van der Waals surface area contributed by atoms with E-state index < -0.39 is 35.6 Å². The molecule has 180 valence electrons. The van der Waals surface area contributed by atoms with Gasteiger partial charge < -0.3 is 0 Å². The van der Waals surface area contributed by atoms with Gasteiger partial charge in [-0.15, -0.1) is 0 Å². The molecule has 0 aromatic heterocycles. The average molecular weight is 490 g/mol. The Morgan fingerprint density at radius 1 is 0.784 bits per heavy atom. The Bertz CT molecular complexity index is 1650. The number of hydrogen-bond donors (Lipinski definition) is 0. The fourth-order valence-corrected chi connectivity index (χ4v) is 6.02. The lowest BCUT2D eigenvalue weighted by Gasteiger charge is -2.33. The number of imide groups is 1. The van der Waals surface area contributed by atoms with Crippen LogP contribution >= 0.6 is 0 Å². The van der Waals surface area contributed by atoms with Crippen LogP contribution in [-0.4, -0.2) is 34.9 Å². The van der Waals surface area contributed by atoms with Crippen LogP contribution in [0.5, 0.6) is 0 Å². The van der Waals surface area contributed by atoms with Crippen LogP contribution in [0.4, 0.5) is 10.1 Å². The molecular formula is C30H20FN3O3. The lowest BCUT2D eigenvalue weighted by Crippen LogP contribution is -2.44. The van der Waals surface area contributed by atoms with E-state index in [0.717, 1.165) is 21.9 Å². The summed E-state index contributed by atoms with van der Waals surface area (Å²) in [5, 5.41) is 8.07. The molecular weight excluding hydrogens is 469 g/mol. The van der Waals surface area contributed by atoms with Gasteiger partial charge in [-0.2, -0.15) is 5.10 Å². The molecule has 37 heavy (non-hydrogen) atoms. The van der Waals surface area contributed by atoms with E-state index in [1.54, 1.807) is 17.3 Å². The molecule has 3 aliphatic rings. The van der Waals surface area contributed by atoms with Gasteiger partial charge in [0.2, 0.25) is 11.8 Å². The zero-order chi connectivity index (χ0) is 25.3. The first-order valence-corrected chi connectivity index (χ1v) is 12.1. The number of nitrogens with zero attached hydrogens (tertiary/aromatic N) is 3. The zero-order valence-electron chi connectivity index (χ0n) is 19.5. The van der Waals surface area contributed by atoms with Gasteiger partial charge in [-0.25, -0.2) is 9.29 Å². The molecule has 4 aromatic carbocycles.